The Labute approximate surface area is 126 Å². The van der Waals surface area contributed by atoms with E-state index in [0.717, 1.165) is 5.56 Å². The first-order chi connectivity index (χ1) is 9.90. The molecule has 0 aliphatic rings. The van der Waals surface area contributed by atoms with Crippen LogP contribution in [0.4, 0.5) is 13.2 Å². The number of halogens is 3. The third kappa shape index (κ3) is 5.38. The van der Waals surface area contributed by atoms with Crippen LogP contribution in [0.3, 0.4) is 0 Å². The molecule has 22 heavy (non-hydrogen) atoms. The molecule has 122 valence electrons. The van der Waals surface area contributed by atoms with Crippen molar-refractivity contribution in [2.24, 2.45) is 0 Å². The maximum absolute atomic E-state index is 12.3. The van der Waals surface area contributed by atoms with Crippen LogP contribution in [0.1, 0.15) is 43.1 Å². The highest BCUT2D eigenvalue weighted by Gasteiger charge is 2.36. The molecule has 0 bridgehead atoms. The van der Waals surface area contributed by atoms with Crippen molar-refractivity contribution in [2.75, 3.05) is 0 Å². The standard InChI is InChI=1S/C15H18F3NO3/c1-14(2,3)10-6-4-9(5-7-10)12(20)19-11(13(21)22)8-15(16,17)18/h4-7,11H,8H2,1-3H3,(H,19,20)(H,21,22). The second-order valence-electron chi connectivity index (χ2n) is 6.01. The zero-order valence-electron chi connectivity index (χ0n) is 12.5. The summed E-state index contributed by atoms with van der Waals surface area (Å²) < 4.78 is 36.9. The van der Waals surface area contributed by atoms with E-state index >= 15 is 0 Å². The molecule has 1 unspecified atom stereocenters. The Morgan fingerprint density at radius 1 is 1.14 bits per heavy atom. The van der Waals surface area contributed by atoms with Gasteiger partial charge in [-0.15, -0.1) is 0 Å². The summed E-state index contributed by atoms with van der Waals surface area (Å²) in [5.41, 5.74) is 0.935. The number of amides is 1. The van der Waals surface area contributed by atoms with Crippen molar-refractivity contribution >= 4 is 11.9 Å². The first-order valence-corrected chi connectivity index (χ1v) is 6.61. The van der Waals surface area contributed by atoms with Gasteiger partial charge in [0.15, 0.2) is 0 Å². The summed E-state index contributed by atoms with van der Waals surface area (Å²) in [7, 11) is 0. The molecule has 1 amide bonds. The largest absolute Gasteiger partial charge is 0.480 e. The summed E-state index contributed by atoms with van der Waals surface area (Å²) in [6.45, 7) is 5.93. The summed E-state index contributed by atoms with van der Waals surface area (Å²) in [5, 5.41) is 10.7. The Kier molecular flexibility index (Phi) is 5.22. The first kappa shape index (κ1) is 18.0. The fraction of sp³-hybridized carbons (Fsp3) is 0.467. The maximum atomic E-state index is 12.3. The molecule has 0 aromatic heterocycles. The first-order valence-electron chi connectivity index (χ1n) is 6.61. The van der Waals surface area contributed by atoms with Crippen molar-refractivity contribution in [1.82, 2.24) is 5.32 Å². The van der Waals surface area contributed by atoms with E-state index < -0.39 is 30.5 Å². The average Bonchev–Trinajstić information content (AvgIpc) is 2.35. The van der Waals surface area contributed by atoms with Crippen LogP contribution in [0.2, 0.25) is 0 Å². The quantitative estimate of drug-likeness (QED) is 0.896. The van der Waals surface area contributed by atoms with Crippen molar-refractivity contribution in [2.45, 2.75) is 44.8 Å². The van der Waals surface area contributed by atoms with Crippen LogP contribution in [0, 0.1) is 0 Å². The van der Waals surface area contributed by atoms with Gasteiger partial charge in [-0.25, -0.2) is 4.79 Å². The normalized spacial score (nSPS) is 13.5. The van der Waals surface area contributed by atoms with Crippen LogP contribution >= 0.6 is 0 Å². The number of hydrogen-bond acceptors (Lipinski definition) is 2. The van der Waals surface area contributed by atoms with Crippen molar-refractivity contribution in [3.63, 3.8) is 0 Å². The lowest BCUT2D eigenvalue weighted by Gasteiger charge is -2.19. The van der Waals surface area contributed by atoms with Crippen LogP contribution in [-0.4, -0.2) is 29.2 Å². The molecule has 1 aromatic rings. The van der Waals surface area contributed by atoms with Crippen molar-refractivity contribution in [3.05, 3.63) is 35.4 Å². The summed E-state index contributed by atoms with van der Waals surface area (Å²) in [5.74, 6) is -2.57. The highest BCUT2D eigenvalue weighted by molar-refractivity contribution is 5.96. The minimum Gasteiger partial charge on any atom is -0.480 e. The van der Waals surface area contributed by atoms with Gasteiger partial charge in [0.05, 0.1) is 6.42 Å². The molecule has 0 spiro atoms. The van der Waals surface area contributed by atoms with Gasteiger partial charge in [0.1, 0.15) is 6.04 Å². The third-order valence-corrected chi connectivity index (χ3v) is 3.05. The molecule has 7 heteroatoms. The van der Waals surface area contributed by atoms with Gasteiger partial charge in [0, 0.05) is 5.56 Å². The molecule has 0 radical (unpaired) electrons. The molecule has 1 rings (SSSR count). The topological polar surface area (TPSA) is 66.4 Å². The van der Waals surface area contributed by atoms with Gasteiger partial charge in [-0.3, -0.25) is 4.79 Å². The minimum atomic E-state index is -4.67. The predicted molar refractivity (Wildman–Crippen MR) is 74.7 cm³/mol. The lowest BCUT2D eigenvalue weighted by molar-refractivity contribution is -0.157. The number of aliphatic carboxylic acids is 1. The molecular weight excluding hydrogens is 299 g/mol. The monoisotopic (exact) mass is 317 g/mol. The zero-order chi connectivity index (χ0) is 17.1. The summed E-state index contributed by atoms with van der Waals surface area (Å²) in [6.07, 6.45) is -6.29. The second kappa shape index (κ2) is 6.37. The molecule has 0 saturated carbocycles. The number of carbonyl (C=O) groups is 2. The molecular formula is C15H18F3NO3. The molecule has 0 aliphatic carbocycles. The number of benzene rings is 1. The summed E-state index contributed by atoms with van der Waals surface area (Å²) in [4.78, 5) is 22.7. The van der Waals surface area contributed by atoms with E-state index in [0.29, 0.717) is 0 Å². The van der Waals surface area contributed by atoms with Crippen LogP contribution < -0.4 is 5.32 Å². The van der Waals surface area contributed by atoms with Crippen LogP contribution in [-0.2, 0) is 10.2 Å². The van der Waals surface area contributed by atoms with Gasteiger partial charge in [-0.05, 0) is 23.1 Å². The fourth-order valence-corrected chi connectivity index (χ4v) is 1.79. The minimum absolute atomic E-state index is 0.112. The number of carboxylic acid groups (broad SMARTS) is 1. The summed E-state index contributed by atoms with van der Waals surface area (Å²) in [6, 6.07) is 4.29. The molecule has 1 atom stereocenters. The van der Waals surface area contributed by atoms with E-state index in [-0.39, 0.29) is 11.0 Å². The zero-order valence-corrected chi connectivity index (χ0v) is 12.5. The Balaban J connectivity index is 2.85. The number of nitrogens with one attached hydrogen (secondary N) is 1. The maximum Gasteiger partial charge on any atom is 0.391 e. The van der Waals surface area contributed by atoms with Gasteiger partial charge in [0.25, 0.3) is 5.91 Å². The van der Waals surface area contributed by atoms with E-state index in [1.165, 1.54) is 12.1 Å². The van der Waals surface area contributed by atoms with Gasteiger partial charge in [0.2, 0.25) is 0 Å². The Bertz CT molecular complexity index is 545. The molecule has 1 aromatic carbocycles. The number of hydrogen-bond donors (Lipinski definition) is 2. The Hall–Kier alpha value is -2.05. The van der Waals surface area contributed by atoms with E-state index in [2.05, 4.69) is 0 Å². The molecule has 0 saturated heterocycles. The predicted octanol–water partition coefficient (Wildman–Crippen LogP) is 3.12. The Morgan fingerprint density at radius 2 is 1.64 bits per heavy atom. The molecule has 0 aliphatic heterocycles. The van der Waals surface area contributed by atoms with E-state index in [1.54, 1.807) is 12.1 Å². The third-order valence-electron chi connectivity index (χ3n) is 3.05. The van der Waals surface area contributed by atoms with Crippen LogP contribution in [0.25, 0.3) is 0 Å². The van der Waals surface area contributed by atoms with Gasteiger partial charge in [-0.1, -0.05) is 32.9 Å². The van der Waals surface area contributed by atoms with Gasteiger partial charge >= 0.3 is 12.1 Å². The Morgan fingerprint density at radius 3 is 2.00 bits per heavy atom. The number of carbonyl (C=O) groups excluding carboxylic acids is 1. The van der Waals surface area contributed by atoms with Crippen molar-refractivity contribution in [3.8, 4) is 0 Å². The smallest absolute Gasteiger partial charge is 0.391 e. The van der Waals surface area contributed by atoms with Crippen LogP contribution in [0.5, 0.6) is 0 Å². The van der Waals surface area contributed by atoms with E-state index in [4.69, 9.17) is 5.11 Å². The van der Waals surface area contributed by atoms with E-state index in [1.807, 2.05) is 26.1 Å². The number of rotatable bonds is 4. The van der Waals surface area contributed by atoms with Crippen LogP contribution in [0.15, 0.2) is 24.3 Å². The molecule has 0 fully saturated rings. The second-order valence-corrected chi connectivity index (χ2v) is 6.01. The average molecular weight is 317 g/mol. The highest BCUT2D eigenvalue weighted by atomic mass is 19.4. The van der Waals surface area contributed by atoms with Gasteiger partial charge < -0.3 is 10.4 Å². The summed E-state index contributed by atoms with van der Waals surface area (Å²) >= 11 is 0. The molecule has 4 nitrogen and oxygen atoms in total. The van der Waals surface area contributed by atoms with Gasteiger partial charge in [-0.2, -0.15) is 13.2 Å². The highest BCUT2D eigenvalue weighted by Crippen LogP contribution is 2.23. The van der Waals surface area contributed by atoms with E-state index in [9.17, 15) is 22.8 Å². The van der Waals surface area contributed by atoms with Crippen molar-refractivity contribution in [1.29, 1.82) is 0 Å². The molecule has 0 heterocycles. The lowest BCUT2D eigenvalue weighted by Crippen LogP contribution is -2.43. The number of carboxylic acids is 1. The fourth-order valence-electron chi connectivity index (χ4n) is 1.79. The number of alkyl halides is 3. The SMILES string of the molecule is CC(C)(C)c1ccc(C(=O)NC(CC(F)(F)F)C(=O)O)cc1. The van der Waals surface area contributed by atoms with Crippen molar-refractivity contribution < 1.29 is 27.9 Å². The molecule has 2 N–H and O–H groups in total. The lowest BCUT2D eigenvalue weighted by atomic mass is 9.86.